The molecule has 1 saturated heterocycles. The van der Waals surface area contributed by atoms with Crippen LogP contribution in [0.15, 0.2) is 11.4 Å². The van der Waals surface area contributed by atoms with Gasteiger partial charge in [0, 0.05) is 13.1 Å². The number of carbonyl (C=O) groups is 1. The quantitative estimate of drug-likeness (QED) is 0.931. The molecule has 1 atom stereocenters. The van der Waals surface area contributed by atoms with Gasteiger partial charge in [0.1, 0.15) is 0 Å². The molecule has 19 heavy (non-hydrogen) atoms. The predicted molar refractivity (Wildman–Crippen MR) is 83.5 cm³/mol. The first-order valence-electron chi connectivity index (χ1n) is 6.78. The Bertz CT molecular complexity index is 400. The zero-order valence-electron chi connectivity index (χ0n) is 11.6. The first-order chi connectivity index (χ1) is 8.74. The summed E-state index contributed by atoms with van der Waals surface area (Å²) in [6.07, 6.45) is 4.27. The highest BCUT2D eigenvalue weighted by Gasteiger charge is 2.24. The van der Waals surface area contributed by atoms with E-state index in [9.17, 15) is 4.79 Å². The topological polar surface area (TPSA) is 32.3 Å². The van der Waals surface area contributed by atoms with E-state index in [1.165, 1.54) is 5.56 Å². The molecule has 1 fully saturated rings. The minimum absolute atomic E-state index is 0. The average Bonchev–Trinajstić information content (AvgIpc) is 2.70. The lowest BCUT2D eigenvalue weighted by atomic mass is 10.1. The Balaban J connectivity index is 0.00000180. The Morgan fingerprint density at radius 1 is 1.47 bits per heavy atom. The molecule has 0 radical (unpaired) electrons. The molecule has 0 bridgehead atoms. The van der Waals surface area contributed by atoms with Crippen LogP contribution in [-0.4, -0.2) is 37.0 Å². The molecule has 1 aliphatic heterocycles. The molecule has 108 valence electrons. The minimum atomic E-state index is 0. The summed E-state index contributed by atoms with van der Waals surface area (Å²) in [5.41, 5.74) is 1.18. The summed E-state index contributed by atoms with van der Waals surface area (Å²) in [4.78, 5) is 15.4. The zero-order chi connectivity index (χ0) is 13.0. The second-order valence-corrected chi connectivity index (χ2v) is 5.80. The second kappa shape index (κ2) is 7.88. The van der Waals surface area contributed by atoms with Gasteiger partial charge in [-0.15, -0.1) is 23.7 Å². The highest BCUT2D eigenvalue weighted by Crippen LogP contribution is 2.22. The first kappa shape index (κ1) is 16.5. The Morgan fingerprint density at radius 3 is 3.00 bits per heavy atom. The van der Waals surface area contributed by atoms with Crippen LogP contribution in [0.5, 0.6) is 0 Å². The third kappa shape index (κ3) is 3.94. The third-order valence-electron chi connectivity index (χ3n) is 3.74. The number of aryl methyl sites for hydroxylation is 1. The van der Waals surface area contributed by atoms with Crippen LogP contribution in [0.3, 0.4) is 0 Å². The third-order valence-corrected chi connectivity index (χ3v) is 4.68. The molecule has 3 nitrogen and oxygen atoms in total. The van der Waals surface area contributed by atoms with Crippen molar-refractivity contribution in [2.45, 2.75) is 38.6 Å². The molecule has 1 N–H and O–H groups in total. The van der Waals surface area contributed by atoms with Crippen LogP contribution in [-0.2, 0) is 6.42 Å². The van der Waals surface area contributed by atoms with Gasteiger partial charge in [0.2, 0.25) is 0 Å². The number of nitrogens with one attached hydrogen (secondary N) is 1. The van der Waals surface area contributed by atoms with Gasteiger partial charge in [-0.2, -0.15) is 0 Å². The minimum Gasteiger partial charge on any atom is -0.338 e. The van der Waals surface area contributed by atoms with Crippen molar-refractivity contribution >= 4 is 29.7 Å². The smallest absolute Gasteiger partial charge is 0.264 e. The average molecular weight is 303 g/mol. The fourth-order valence-corrected chi connectivity index (χ4v) is 3.49. The number of thiophene rings is 1. The number of rotatable bonds is 3. The van der Waals surface area contributed by atoms with Gasteiger partial charge in [-0.05, 0) is 55.8 Å². The van der Waals surface area contributed by atoms with Crippen LogP contribution < -0.4 is 5.32 Å². The van der Waals surface area contributed by atoms with Crippen molar-refractivity contribution in [3.05, 3.63) is 21.9 Å². The van der Waals surface area contributed by atoms with Crippen molar-refractivity contribution in [3.8, 4) is 0 Å². The fourth-order valence-electron chi connectivity index (χ4n) is 2.52. The summed E-state index contributed by atoms with van der Waals surface area (Å²) >= 11 is 1.57. The number of nitrogens with zero attached hydrogens (tertiary/aromatic N) is 1. The molecule has 2 heterocycles. The molecular weight excluding hydrogens is 280 g/mol. The first-order valence-corrected chi connectivity index (χ1v) is 7.66. The summed E-state index contributed by atoms with van der Waals surface area (Å²) in [6, 6.07) is 2.46. The molecule has 0 aliphatic carbocycles. The SMILES string of the molecule is CCc1ccsc1C(=O)N(C)C1CCCNCC1.Cl. The van der Waals surface area contributed by atoms with E-state index in [4.69, 9.17) is 0 Å². The number of hydrogen-bond acceptors (Lipinski definition) is 3. The molecule has 0 spiro atoms. The normalized spacial score (nSPS) is 19.4. The van der Waals surface area contributed by atoms with E-state index in [1.54, 1.807) is 11.3 Å². The van der Waals surface area contributed by atoms with Crippen LogP contribution in [0.1, 0.15) is 41.4 Å². The van der Waals surface area contributed by atoms with Crippen LogP contribution in [0, 0.1) is 0 Å². The van der Waals surface area contributed by atoms with E-state index in [1.807, 2.05) is 17.3 Å². The van der Waals surface area contributed by atoms with Gasteiger partial charge in [0.25, 0.3) is 5.91 Å². The summed E-state index contributed by atoms with van der Waals surface area (Å²) in [7, 11) is 1.96. The van der Waals surface area contributed by atoms with Crippen molar-refractivity contribution < 1.29 is 4.79 Å². The summed E-state index contributed by atoms with van der Waals surface area (Å²) in [5, 5.41) is 5.42. The Labute approximate surface area is 125 Å². The Hall–Kier alpha value is -0.580. The van der Waals surface area contributed by atoms with Crippen molar-refractivity contribution in [3.63, 3.8) is 0 Å². The highest BCUT2D eigenvalue weighted by atomic mass is 35.5. The van der Waals surface area contributed by atoms with Crippen molar-refractivity contribution in [1.29, 1.82) is 0 Å². The lowest BCUT2D eigenvalue weighted by Crippen LogP contribution is -2.37. The molecule has 1 amide bonds. The standard InChI is InChI=1S/C14H22N2OS.ClH/c1-3-11-7-10-18-13(11)14(17)16(2)12-5-4-8-15-9-6-12;/h7,10,12,15H,3-6,8-9H2,1-2H3;1H. The van der Waals surface area contributed by atoms with Gasteiger partial charge in [0.15, 0.2) is 0 Å². The molecule has 2 rings (SSSR count). The van der Waals surface area contributed by atoms with Gasteiger partial charge in [-0.3, -0.25) is 4.79 Å². The highest BCUT2D eigenvalue weighted by molar-refractivity contribution is 7.12. The summed E-state index contributed by atoms with van der Waals surface area (Å²) in [5.74, 6) is 0.203. The molecule has 0 aromatic carbocycles. The van der Waals surface area contributed by atoms with Crippen molar-refractivity contribution in [2.75, 3.05) is 20.1 Å². The summed E-state index contributed by atoms with van der Waals surface area (Å²) < 4.78 is 0. The van der Waals surface area contributed by atoms with Crippen molar-refractivity contribution in [1.82, 2.24) is 10.2 Å². The number of carbonyl (C=O) groups excluding carboxylic acids is 1. The number of hydrogen-bond donors (Lipinski definition) is 1. The lowest BCUT2D eigenvalue weighted by molar-refractivity contribution is 0.0724. The van der Waals surface area contributed by atoms with Crippen molar-refractivity contribution in [2.24, 2.45) is 0 Å². The molecule has 5 heteroatoms. The van der Waals surface area contributed by atoms with E-state index in [0.29, 0.717) is 6.04 Å². The van der Waals surface area contributed by atoms with E-state index in [2.05, 4.69) is 18.3 Å². The Morgan fingerprint density at radius 2 is 2.26 bits per heavy atom. The van der Waals surface area contributed by atoms with Crippen LogP contribution in [0.25, 0.3) is 0 Å². The Kier molecular flexibility index (Phi) is 6.83. The maximum atomic E-state index is 12.5. The van der Waals surface area contributed by atoms with E-state index in [0.717, 1.165) is 43.6 Å². The maximum Gasteiger partial charge on any atom is 0.264 e. The predicted octanol–water partition coefficient (Wildman–Crippen LogP) is 2.95. The second-order valence-electron chi connectivity index (χ2n) is 4.88. The van der Waals surface area contributed by atoms with Gasteiger partial charge < -0.3 is 10.2 Å². The van der Waals surface area contributed by atoms with Crippen LogP contribution in [0.2, 0.25) is 0 Å². The zero-order valence-corrected chi connectivity index (χ0v) is 13.3. The maximum absolute atomic E-state index is 12.5. The van der Waals surface area contributed by atoms with E-state index >= 15 is 0 Å². The molecule has 1 aromatic rings. The summed E-state index contributed by atoms with van der Waals surface area (Å²) in [6.45, 7) is 4.21. The lowest BCUT2D eigenvalue weighted by Gasteiger charge is -2.27. The van der Waals surface area contributed by atoms with Gasteiger partial charge in [-0.25, -0.2) is 0 Å². The van der Waals surface area contributed by atoms with Gasteiger partial charge >= 0.3 is 0 Å². The molecule has 0 saturated carbocycles. The van der Waals surface area contributed by atoms with Crippen LogP contribution in [0.4, 0.5) is 0 Å². The van der Waals surface area contributed by atoms with Crippen LogP contribution >= 0.6 is 23.7 Å². The monoisotopic (exact) mass is 302 g/mol. The number of halogens is 1. The van der Waals surface area contributed by atoms with E-state index in [-0.39, 0.29) is 18.3 Å². The van der Waals surface area contributed by atoms with Gasteiger partial charge in [0.05, 0.1) is 4.88 Å². The largest absolute Gasteiger partial charge is 0.338 e. The molecular formula is C14H23ClN2OS. The number of amides is 1. The van der Waals surface area contributed by atoms with E-state index < -0.39 is 0 Å². The molecule has 1 unspecified atom stereocenters. The molecule has 1 aliphatic rings. The fraction of sp³-hybridized carbons (Fsp3) is 0.643. The molecule has 1 aromatic heterocycles. The van der Waals surface area contributed by atoms with Gasteiger partial charge in [-0.1, -0.05) is 6.92 Å².